The van der Waals surface area contributed by atoms with E-state index in [-0.39, 0.29) is 0 Å². The van der Waals surface area contributed by atoms with E-state index in [2.05, 4.69) is 52.9 Å². The first-order chi connectivity index (χ1) is 12.7. The zero-order valence-electron chi connectivity index (χ0n) is 15.4. The van der Waals surface area contributed by atoms with Gasteiger partial charge in [0.15, 0.2) is 5.82 Å². The highest BCUT2D eigenvalue weighted by Gasteiger charge is 2.21. The van der Waals surface area contributed by atoms with Gasteiger partial charge in [-0.05, 0) is 45.0 Å². The second kappa shape index (κ2) is 7.19. The van der Waals surface area contributed by atoms with Crippen LogP contribution in [0.4, 0.5) is 0 Å². The van der Waals surface area contributed by atoms with E-state index in [9.17, 15) is 0 Å². The van der Waals surface area contributed by atoms with Crippen molar-refractivity contribution in [3.63, 3.8) is 0 Å². The fourth-order valence-corrected chi connectivity index (χ4v) is 4.37. The van der Waals surface area contributed by atoms with Crippen LogP contribution in [0.25, 0.3) is 10.9 Å². The van der Waals surface area contributed by atoms with Crippen molar-refractivity contribution in [1.29, 1.82) is 0 Å². The van der Waals surface area contributed by atoms with Crippen LogP contribution in [-0.4, -0.2) is 25.7 Å². The van der Waals surface area contributed by atoms with E-state index in [0.717, 1.165) is 17.9 Å². The molecular weight excluding hydrogens is 342 g/mol. The first-order valence-electron chi connectivity index (χ1n) is 9.50. The van der Waals surface area contributed by atoms with Gasteiger partial charge >= 0.3 is 0 Å². The van der Waals surface area contributed by atoms with Crippen LogP contribution in [-0.2, 0) is 6.54 Å². The maximum absolute atomic E-state index is 5.44. The Morgan fingerprint density at radius 1 is 1.27 bits per heavy atom. The summed E-state index contributed by atoms with van der Waals surface area (Å²) in [7, 11) is 0. The Hall–Kier alpha value is -2.21. The molecular formula is C20H25N5S. The van der Waals surface area contributed by atoms with Gasteiger partial charge in [0.2, 0.25) is 4.77 Å². The Kier molecular flexibility index (Phi) is 4.76. The lowest BCUT2D eigenvalue weighted by molar-refractivity contribution is 0.419. The molecule has 0 saturated heterocycles. The van der Waals surface area contributed by atoms with Crippen LogP contribution in [0, 0.1) is 11.7 Å². The summed E-state index contributed by atoms with van der Waals surface area (Å²) in [4.78, 5) is 0. The molecule has 136 valence electrons. The first kappa shape index (κ1) is 17.2. The van der Waals surface area contributed by atoms with Crippen molar-refractivity contribution >= 4 is 29.3 Å². The highest BCUT2D eigenvalue weighted by Crippen LogP contribution is 2.31. The molecule has 2 aromatic heterocycles. The lowest BCUT2D eigenvalue weighted by Gasteiger charge is -2.19. The predicted octanol–water partition coefficient (Wildman–Crippen LogP) is 5.15. The highest BCUT2D eigenvalue weighted by atomic mass is 32.1. The molecule has 0 atom stereocenters. The average Bonchev–Trinajstić information content (AvgIpc) is 3.17. The molecule has 1 fully saturated rings. The molecule has 1 aromatic carbocycles. The quantitative estimate of drug-likeness (QED) is 0.512. The van der Waals surface area contributed by atoms with E-state index in [1.165, 1.54) is 48.7 Å². The number of benzene rings is 1. The van der Waals surface area contributed by atoms with Crippen LogP contribution in [0.15, 0.2) is 29.4 Å². The number of hydrogen-bond acceptors (Lipinski definition) is 3. The lowest BCUT2D eigenvalue weighted by Crippen LogP contribution is -2.10. The summed E-state index contributed by atoms with van der Waals surface area (Å²) < 4.78 is 4.72. The molecule has 0 aliphatic heterocycles. The molecule has 4 rings (SSSR count). The van der Waals surface area contributed by atoms with Crippen molar-refractivity contribution < 1.29 is 0 Å². The van der Waals surface area contributed by atoms with Crippen LogP contribution >= 0.6 is 12.2 Å². The van der Waals surface area contributed by atoms with Gasteiger partial charge in [-0.15, -0.1) is 0 Å². The standard InChI is InChI=1S/C20H25N5S/c1-3-24-14(2)17(16-11-7-8-12-18(16)24)13-21-25-19(22-23-20(25)26)15-9-5-4-6-10-15/h7-8,11-13,15H,3-6,9-10H2,1-2H3,(H,23,26)/b21-13-. The molecule has 6 heteroatoms. The molecule has 0 unspecified atom stereocenters. The molecule has 1 N–H and O–H groups in total. The summed E-state index contributed by atoms with van der Waals surface area (Å²) >= 11 is 5.44. The minimum atomic E-state index is 0.451. The van der Waals surface area contributed by atoms with E-state index >= 15 is 0 Å². The Labute approximate surface area is 158 Å². The summed E-state index contributed by atoms with van der Waals surface area (Å²) in [5.41, 5.74) is 3.63. The molecule has 1 aliphatic rings. The third-order valence-electron chi connectivity index (χ3n) is 5.54. The molecule has 0 spiro atoms. The third kappa shape index (κ3) is 2.92. The summed E-state index contributed by atoms with van der Waals surface area (Å²) in [5.74, 6) is 1.43. The number of aryl methyl sites for hydroxylation is 1. The van der Waals surface area contributed by atoms with Crippen molar-refractivity contribution in [2.45, 2.75) is 58.4 Å². The van der Waals surface area contributed by atoms with E-state index in [4.69, 9.17) is 17.3 Å². The summed E-state index contributed by atoms with van der Waals surface area (Å²) in [6, 6.07) is 8.49. The maximum atomic E-state index is 5.44. The number of para-hydroxylation sites is 1. The second-order valence-electron chi connectivity index (χ2n) is 7.04. The molecule has 5 nitrogen and oxygen atoms in total. The average molecular weight is 368 g/mol. The van der Waals surface area contributed by atoms with Crippen LogP contribution in [0.3, 0.4) is 0 Å². The van der Waals surface area contributed by atoms with Crippen LogP contribution in [0.5, 0.6) is 0 Å². The van der Waals surface area contributed by atoms with Gasteiger partial charge in [0.25, 0.3) is 0 Å². The largest absolute Gasteiger partial charge is 0.344 e. The van der Waals surface area contributed by atoms with E-state index in [1.807, 2.05) is 10.9 Å². The Balaban J connectivity index is 1.76. The zero-order valence-corrected chi connectivity index (χ0v) is 16.2. The lowest BCUT2D eigenvalue weighted by atomic mass is 9.89. The van der Waals surface area contributed by atoms with Gasteiger partial charge in [-0.25, -0.2) is 0 Å². The third-order valence-corrected chi connectivity index (χ3v) is 5.81. The molecule has 1 aliphatic carbocycles. The van der Waals surface area contributed by atoms with Crippen LogP contribution in [0.1, 0.15) is 62.0 Å². The fraction of sp³-hybridized carbons (Fsp3) is 0.450. The summed E-state index contributed by atoms with van der Waals surface area (Å²) in [6.07, 6.45) is 8.13. The van der Waals surface area contributed by atoms with Crippen molar-refractivity contribution in [2.75, 3.05) is 0 Å². The fourth-order valence-electron chi connectivity index (χ4n) is 4.18. The Bertz CT molecular complexity index is 1000. The number of fused-ring (bicyclic) bond motifs is 1. The normalized spacial score (nSPS) is 16.1. The van der Waals surface area contributed by atoms with E-state index in [1.54, 1.807) is 0 Å². The van der Waals surface area contributed by atoms with Gasteiger partial charge in [0, 0.05) is 34.6 Å². The second-order valence-corrected chi connectivity index (χ2v) is 7.43. The molecule has 1 saturated carbocycles. The number of aromatic nitrogens is 4. The topological polar surface area (TPSA) is 50.9 Å². The number of aromatic amines is 1. The van der Waals surface area contributed by atoms with Gasteiger partial charge in [-0.1, -0.05) is 37.5 Å². The van der Waals surface area contributed by atoms with Gasteiger partial charge in [-0.3, -0.25) is 5.10 Å². The van der Waals surface area contributed by atoms with Gasteiger partial charge in [0.1, 0.15) is 0 Å². The SMILES string of the molecule is CCn1c(C)c(/C=N\n2c(C3CCCCC3)n[nH]c2=S)c2ccccc21. The summed E-state index contributed by atoms with van der Waals surface area (Å²) in [6.45, 7) is 5.27. The van der Waals surface area contributed by atoms with E-state index < -0.39 is 0 Å². The van der Waals surface area contributed by atoms with Crippen LogP contribution < -0.4 is 0 Å². The molecule has 0 bridgehead atoms. The van der Waals surface area contributed by atoms with Gasteiger partial charge in [0.05, 0.1) is 6.21 Å². The number of H-pyrrole nitrogens is 1. The molecule has 26 heavy (non-hydrogen) atoms. The van der Waals surface area contributed by atoms with Crippen molar-refractivity contribution in [1.82, 2.24) is 19.4 Å². The number of hydrogen-bond donors (Lipinski definition) is 1. The first-order valence-corrected chi connectivity index (χ1v) is 9.91. The summed E-state index contributed by atoms with van der Waals surface area (Å²) in [5, 5.41) is 13.4. The molecule has 0 amide bonds. The highest BCUT2D eigenvalue weighted by molar-refractivity contribution is 7.71. The smallest absolute Gasteiger partial charge is 0.216 e. The minimum absolute atomic E-state index is 0.451. The molecule has 0 radical (unpaired) electrons. The monoisotopic (exact) mass is 367 g/mol. The van der Waals surface area contributed by atoms with Crippen molar-refractivity contribution in [3.8, 4) is 0 Å². The molecule has 2 heterocycles. The Morgan fingerprint density at radius 2 is 2.04 bits per heavy atom. The van der Waals surface area contributed by atoms with Crippen molar-refractivity contribution in [2.24, 2.45) is 5.10 Å². The number of nitrogens with one attached hydrogen (secondary N) is 1. The number of nitrogens with zero attached hydrogens (tertiary/aromatic N) is 4. The van der Waals surface area contributed by atoms with E-state index in [0.29, 0.717) is 10.7 Å². The van der Waals surface area contributed by atoms with Gasteiger partial charge < -0.3 is 4.57 Å². The maximum Gasteiger partial charge on any atom is 0.216 e. The minimum Gasteiger partial charge on any atom is -0.344 e. The van der Waals surface area contributed by atoms with Crippen LogP contribution in [0.2, 0.25) is 0 Å². The zero-order chi connectivity index (χ0) is 18.1. The van der Waals surface area contributed by atoms with Crippen molar-refractivity contribution in [3.05, 3.63) is 46.1 Å². The Morgan fingerprint density at radius 3 is 2.81 bits per heavy atom. The number of rotatable bonds is 4. The van der Waals surface area contributed by atoms with Gasteiger partial charge in [-0.2, -0.15) is 14.9 Å². The molecule has 3 aromatic rings. The predicted molar refractivity (Wildman–Crippen MR) is 109 cm³/mol.